The summed E-state index contributed by atoms with van der Waals surface area (Å²) in [5.74, 6) is -0.132. The number of rotatable bonds is 4. The number of aryl methyl sites for hydroxylation is 1. The van der Waals surface area contributed by atoms with Crippen LogP contribution in [0.1, 0.15) is 30.3 Å². The quantitative estimate of drug-likeness (QED) is 0.851. The Balaban J connectivity index is 1.74. The van der Waals surface area contributed by atoms with Gasteiger partial charge < -0.3 is 5.32 Å². The summed E-state index contributed by atoms with van der Waals surface area (Å²) in [6, 6.07) is 8.66. The van der Waals surface area contributed by atoms with Gasteiger partial charge in [0.1, 0.15) is 5.69 Å². The minimum atomic E-state index is -3.53. The maximum absolute atomic E-state index is 12.8. The number of hydrogen-bond acceptors (Lipinski definition) is 5. The van der Waals surface area contributed by atoms with Crippen molar-refractivity contribution in [2.45, 2.75) is 24.7 Å². The maximum Gasteiger partial charge on any atom is 0.276 e. The van der Waals surface area contributed by atoms with E-state index in [0.717, 1.165) is 17.5 Å². The number of anilines is 1. The fourth-order valence-electron chi connectivity index (χ4n) is 3.04. The third-order valence-electron chi connectivity index (χ3n) is 4.56. The Labute approximate surface area is 157 Å². The molecule has 1 aliphatic heterocycles. The number of piperidine rings is 1. The van der Waals surface area contributed by atoms with E-state index in [-0.39, 0.29) is 16.1 Å². The standard InChI is InChI=1S/C18H22N4O4S/c1-13-4-3-11-22(12-13)27(25,26)15-7-5-14(6-8-15)19-18(24)16-9-10-17(23)21(2)20-16/h5-10,13H,3-4,11-12H2,1-2H3,(H,19,24)/t13-/m0/s1. The smallest absolute Gasteiger partial charge is 0.276 e. The Bertz CT molecular complexity index is 999. The molecular weight excluding hydrogens is 368 g/mol. The fraction of sp³-hybridized carbons (Fsp3) is 0.389. The van der Waals surface area contributed by atoms with Crippen LogP contribution in [0, 0.1) is 5.92 Å². The summed E-state index contributed by atoms with van der Waals surface area (Å²) in [6.45, 7) is 3.11. The number of benzene rings is 1. The van der Waals surface area contributed by atoms with Gasteiger partial charge in [-0.25, -0.2) is 13.1 Å². The molecule has 0 unspecified atom stereocenters. The van der Waals surface area contributed by atoms with Crippen molar-refractivity contribution in [2.24, 2.45) is 13.0 Å². The first-order chi connectivity index (χ1) is 12.8. The zero-order valence-corrected chi connectivity index (χ0v) is 16.1. The predicted molar refractivity (Wildman–Crippen MR) is 101 cm³/mol. The van der Waals surface area contributed by atoms with E-state index in [0.29, 0.717) is 24.7 Å². The minimum Gasteiger partial charge on any atom is -0.321 e. The van der Waals surface area contributed by atoms with Gasteiger partial charge in [0.25, 0.3) is 11.5 Å². The summed E-state index contributed by atoms with van der Waals surface area (Å²) in [4.78, 5) is 23.8. The molecule has 1 aromatic heterocycles. The molecule has 0 saturated carbocycles. The van der Waals surface area contributed by atoms with E-state index in [1.165, 1.54) is 35.6 Å². The number of amides is 1. The molecule has 1 amide bonds. The van der Waals surface area contributed by atoms with Crippen LogP contribution in [0.2, 0.25) is 0 Å². The molecule has 0 aliphatic carbocycles. The van der Waals surface area contributed by atoms with Crippen LogP contribution in [0.15, 0.2) is 46.1 Å². The lowest BCUT2D eigenvalue weighted by Gasteiger charge is -2.30. The number of nitrogens with zero attached hydrogens (tertiary/aromatic N) is 3. The summed E-state index contributed by atoms with van der Waals surface area (Å²) >= 11 is 0. The van der Waals surface area contributed by atoms with Gasteiger partial charge in [0.15, 0.2) is 0 Å². The van der Waals surface area contributed by atoms with Crippen molar-refractivity contribution in [3.05, 3.63) is 52.4 Å². The van der Waals surface area contributed by atoms with Gasteiger partial charge in [0.2, 0.25) is 10.0 Å². The van der Waals surface area contributed by atoms with Crippen LogP contribution in [0.25, 0.3) is 0 Å². The number of carbonyl (C=O) groups is 1. The molecule has 1 atom stereocenters. The van der Waals surface area contributed by atoms with E-state index < -0.39 is 15.9 Å². The topological polar surface area (TPSA) is 101 Å². The summed E-state index contributed by atoms with van der Waals surface area (Å²) in [6.07, 6.45) is 1.90. The first kappa shape index (κ1) is 19.2. The van der Waals surface area contributed by atoms with E-state index in [4.69, 9.17) is 0 Å². The Hall–Kier alpha value is -2.52. The van der Waals surface area contributed by atoms with Crippen molar-refractivity contribution < 1.29 is 13.2 Å². The zero-order chi connectivity index (χ0) is 19.6. The SMILES string of the molecule is C[C@H]1CCCN(S(=O)(=O)c2ccc(NC(=O)c3ccc(=O)n(C)n3)cc2)C1. The molecule has 0 bridgehead atoms. The van der Waals surface area contributed by atoms with Gasteiger partial charge in [0, 0.05) is 31.9 Å². The average molecular weight is 390 g/mol. The third-order valence-corrected chi connectivity index (χ3v) is 6.44. The van der Waals surface area contributed by atoms with E-state index in [1.807, 2.05) is 6.92 Å². The molecule has 0 radical (unpaired) electrons. The van der Waals surface area contributed by atoms with E-state index >= 15 is 0 Å². The van der Waals surface area contributed by atoms with Crippen LogP contribution in [-0.2, 0) is 17.1 Å². The molecule has 1 aliphatic rings. The van der Waals surface area contributed by atoms with E-state index in [2.05, 4.69) is 10.4 Å². The molecule has 2 aromatic rings. The van der Waals surface area contributed by atoms with Crippen LogP contribution in [0.3, 0.4) is 0 Å². The van der Waals surface area contributed by atoms with Gasteiger partial charge in [-0.05, 0) is 49.1 Å². The van der Waals surface area contributed by atoms with Gasteiger partial charge in [-0.1, -0.05) is 6.92 Å². The van der Waals surface area contributed by atoms with E-state index in [9.17, 15) is 18.0 Å². The van der Waals surface area contributed by atoms with Gasteiger partial charge in [-0.15, -0.1) is 0 Å². The largest absolute Gasteiger partial charge is 0.321 e. The van der Waals surface area contributed by atoms with Crippen LogP contribution < -0.4 is 10.9 Å². The van der Waals surface area contributed by atoms with Gasteiger partial charge >= 0.3 is 0 Å². The summed E-state index contributed by atoms with van der Waals surface area (Å²) in [5, 5.41) is 6.53. The van der Waals surface area contributed by atoms with Crippen LogP contribution in [0.4, 0.5) is 5.69 Å². The monoisotopic (exact) mass is 390 g/mol. The Kier molecular flexibility index (Phi) is 5.43. The van der Waals surface area contributed by atoms with Gasteiger partial charge in [0.05, 0.1) is 4.90 Å². The van der Waals surface area contributed by atoms with E-state index in [1.54, 1.807) is 12.1 Å². The number of sulfonamides is 1. The van der Waals surface area contributed by atoms with Crippen molar-refractivity contribution in [3.63, 3.8) is 0 Å². The highest BCUT2D eigenvalue weighted by Gasteiger charge is 2.28. The Morgan fingerprint density at radius 1 is 1.19 bits per heavy atom. The second-order valence-electron chi connectivity index (χ2n) is 6.77. The lowest BCUT2D eigenvalue weighted by atomic mass is 10.0. The summed E-state index contributed by atoms with van der Waals surface area (Å²) < 4.78 is 28.1. The Morgan fingerprint density at radius 2 is 1.89 bits per heavy atom. The first-order valence-corrected chi connectivity index (χ1v) is 10.2. The van der Waals surface area contributed by atoms with Crippen LogP contribution in [0.5, 0.6) is 0 Å². The second-order valence-corrected chi connectivity index (χ2v) is 8.71. The summed E-state index contributed by atoms with van der Waals surface area (Å²) in [7, 11) is -2.07. The fourth-order valence-corrected chi connectivity index (χ4v) is 4.64. The number of aromatic nitrogens is 2. The molecule has 1 N–H and O–H groups in total. The van der Waals surface area contributed by atoms with Crippen molar-refractivity contribution in [2.75, 3.05) is 18.4 Å². The lowest BCUT2D eigenvalue weighted by Crippen LogP contribution is -2.39. The number of hydrogen-bond donors (Lipinski definition) is 1. The van der Waals surface area contributed by atoms with Gasteiger partial charge in [-0.3, -0.25) is 9.59 Å². The van der Waals surface area contributed by atoms with Crippen molar-refractivity contribution in [1.82, 2.24) is 14.1 Å². The normalized spacial score (nSPS) is 18.2. The van der Waals surface area contributed by atoms with Crippen LogP contribution >= 0.6 is 0 Å². The zero-order valence-electron chi connectivity index (χ0n) is 15.3. The number of carbonyl (C=O) groups excluding carboxylic acids is 1. The number of nitrogens with one attached hydrogen (secondary N) is 1. The predicted octanol–water partition coefficient (Wildman–Crippen LogP) is 1.45. The molecule has 8 nitrogen and oxygen atoms in total. The molecule has 144 valence electrons. The van der Waals surface area contributed by atoms with Crippen molar-refractivity contribution in [3.8, 4) is 0 Å². The van der Waals surface area contributed by atoms with Crippen molar-refractivity contribution >= 4 is 21.6 Å². The molecule has 2 heterocycles. The molecule has 27 heavy (non-hydrogen) atoms. The van der Waals surface area contributed by atoms with Gasteiger partial charge in [-0.2, -0.15) is 9.40 Å². The minimum absolute atomic E-state index is 0.0936. The van der Waals surface area contributed by atoms with Crippen LogP contribution in [-0.4, -0.2) is 41.5 Å². The van der Waals surface area contributed by atoms with Crippen molar-refractivity contribution in [1.29, 1.82) is 0 Å². The highest BCUT2D eigenvalue weighted by Crippen LogP contribution is 2.24. The first-order valence-electron chi connectivity index (χ1n) is 8.73. The second kappa shape index (κ2) is 7.61. The lowest BCUT2D eigenvalue weighted by molar-refractivity contribution is 0.102. The molecular formula is C18H22N4O4S. The molecule has 3 rings (SSSR count). The maximum atomic E-state index is 12.8. The molecule has 0 spiro atoms. The molecule has 1 saturated heterocycles. The molecule has 9 heteroatoms. The average Bonchev–Trinajstić information content (AvgIpc) is 2.64. The highest BCUT2D eigenvalue weighted by molar-refractivity contribution is 7.89. The third kappa shape index (κ3) is 4.25. The Morgan fingerprint density at radius 3 is 2.52 bits per heavy atom. The molecule has 1 aromatic carbocycles. The highest BCUT2D eigenvalue weighted by atomic mass is 32.2. The summed E-state index contributed by atoms with van der Waals surface area (Å²) in [5.41, 5.74) is 0.228. The molecule has 1 fully saturated rings.